The monoisotopic (exact) mass is 441 g/mol. The quantitative estimate of drug-likeness (QED) is 0.726. The van der Waals surface area contributed by atoms with E-state index in [0.29, 0.717) is 36.6 Å². The third-order valence-electron chi connectivity index (χ3n) is 8.43. The van der Waals surface area contributed by atoms with Gasteiger partial charge >= 0.3 is 0 Å². The van der Waals surface area contributed by atoms with Gasteiger partial charge in [-0.15, -0.1) is 0 Å². The maximum atomic E-state index is 14.0. The van der Waals surface area contributed by atoms with Gasteiger partial charge in [-0.3, -0.25) is 9.78 Å². The van der Waals surface area contributed by atoms with Crippen LogP contribution in [0.1, 0.15) is 76.5 Å². The first-order chi connectivity index (χ1) is 15.5. The number of nitrogens with one attached hydrogen (secondary N) is 1. The maximum absolute atomic E-state index is 14.0. The van der Waals surface area contributed by atoms with E-state index in [2.05, 4.69) is 35.1 Å². The Kier molecular flexibility index (Phi) is 6.44. The van der Waals surface area contributed by atoms with Crippen molar-refractivity contribution >= 4 is 5.91 Å². The highest BCUT2D eigenvalue weighted by molar-refractivity contribution is 5.83. The Morgan fingerprint density at radius 3 is 2.75 bits per heavy atom. The van der Waals surface area contributed by atoms with E-state index in [0.717, 1.165) is 88.1 Å². The van der Waals surface area contributed by atoms with Crippen LogP contribution in [0.25, 0.3) is 0 Å². The number of ether oxygens (including phenoxy) is 2. The minimum absolute atomic E-state index is 0.256. The predicted molar refractivity (Wildman–Crippen MR) is 124 cm³/mol. The molecule has 0 unspecified atom stereocenters. The molecule has 0 radical (unpaired) electrons. The molecule has 2 atom stereocenters. The molecular weight excluding hydrogens is 402 g/mol. The predicted octanol–water partition coefficient (Wildman–Crippen LogP) is 3.86. The molecule has 0 spiro atoms. The molecule has 5 rings (SSSR count). The molecule has 3 heterocycles. The molecule has 1 aromatic heterocycles. The lowest BCUT2D eigenvalue weighted by Gasteiger charge is -2.40. The second-order valence-corrected chi connectivity index (χ2v) is 10.7. The van der Waals surface area contributed by atoms with Crippen LogP contribution in [0, 0.1) is 11.3 Å². The Morgan fingerprint density at radius 1 is 1.22 bits per heavy atom. The molecule has 2 aliphatic heterocycles. The summed E-state index contributed by atoms with van der Waals surface area (Å²) >= 11 is 0. The van der Waals surface area contributed by atoms with Crippen LogP contribution < -0.4 is 10.1 Å². The second-order valence-electron chi connectivity index (χ2n) is 10.7. The SMILES string of the molecule is CC(C)[C@]1(C(=O)N2CCc3ncc(OC4CCC4)cc3C2)CC[C@@H](NC2CCOCC2)C1. The average molecular weight is 442 g/mol. The Hall–Kier alpha value is -1.66. The van der Waals surface area contributed by atoms with E-state index in [1.54, 1.807) is 0 Å². The highest BCUT2D eigenvalue weighted by atomic mass is 16.5. The number of pyridine rings is 1. The Morgan fingerprint density at radius 2 is 2.03 bits per heavy atom. The molecule has 1 N–H and O–H groups in total. The van der Waals surface area contributed by atoms with Crippen molar-refractivity contribution in [1.29, 1.82) is 0 Å². The van der Waals surface area contributed by atoms with Crippen molar-refractivity contribution in [1.82, 2.24) is 15.2 Å². The van der Waals surface area contributed by atoms with Crippen molar-refractivity contribution in [2.24, 2.45) is 11.3 Å². The lowest BCUT2D eigenvalue weighted by atomic mass is 9.74. The van der Waals surface area contributed by atoms with Gasteiger partial charge in [0.05, 0.1) is 17.7 Å². The zero-order valence-electron chi connectivity index (χ0n) is 19.8. The minimum atomic E-state index is -0.256. The number of amides is 1. The van der Waals surface area contributed by atoms with Gasteiger partial charge < -0.3 is 19.7 Å². The number of aromatic nitrogens is 1. The summed E-state index contributed by atoms with van der Waals surface area (Å²) in [4.78, 5) is 20.7. The Bertz CT molecular complexity index is 819. The second kappa shape index (κ2) is 9.30. The van der Waals surface area contributed by atoms with Crippen molar-refractivity contribution in [3.8, 4) is 5.75 Å². The minimum Gasteiger partial charge on any atom is -0.489 e. The summed E-state index contributed by atoms with van der Waals surface area (Å²) < 4.78 is 11.6. The largest absolute Gasteiger partial charge is 0.489 e. The fourth-order valence-corrected chi connectivity index (χ4v) is 6.02. The molecule has 1 aromatic rings. The van der Waals surface area contributed by atoms with Gasteiger partial charge in [0.15, 0.2) is 0 Å². The summed E-state index contributed by atoms with van der Waals surface area (Å²) in [6.07, 6.45) is 11.8. The van der Waals surface area contributed by atoms with E-state index in [4.69, 9.17) is 9.47 Å². The smallest absolute Gasteiger partial charge is 0.229 e. The van der Waals surface area contributed by atoms with Crippen LogP contribution in [0.3, 0.4) is 0 Å². The fourth-order valence-electron chi connectivity index (χ4n) is 6.02. The number of nitrogens with zero attached hydrogens (tertiary/aromatic N) is 2. The number of hydrogen-bond donors (Lipinski definition) is 1. The highest BCUT2D eigenvalue weighted by Crippen LogP contribution is 2.46. The molecule has 1 saturated heterocycles. The van der Waals surface area contributed by atoms with E-state index in [1.807, 2.05) is 6.20 Å². The molecule has 2 aliphatic carbocycles. The number of carbonyl (C=O) groups is 1. The summed E-state index contributed by atoms with van der Waals surface area (Å²) in [5.74, 6) is 1.55. The topological polar surface area (TPSA) is 63.7 Å². The molecule has 1 amide bonds. The van der Waals surface area contributed by atoms with Crippen molar-refractivity contribution in [3.63, 3.8) is 0 Å². The standard InChI is InChI=1S/C26H39N3O3/c1-18(2)26(10-6-21(15-26)28-20-8-12-31-13-9-20)25(30)29-11-7-24-19(17-29)14-23(16-27-24)32-22-4-3-5-22/h14,16,18,20-22,28H,3-13,15,17H2,1-2H3/t21-,26+/m1/s1. The third-order valence-corrected chi connectivity index (χ3v) is 8.43. The number of hydrogen-bond acceptors (Lipinski definition) is 5. The van der Waals surface area contributed by atoms with Gasteiger partial charge in [0, 0.05) is 50.5 Å². The van der Waals surface area contributed by atoms with Gasteiger partial charge in [0.2, 0.25) is 5.91 Å². The van der Waals surface area contributed by atoms with Gasteiger partial charge in [0.1, 0.15) is 5.75 Å². The van der Waals surface area contributed by atoms with Crippen molar-refractivity contribution in [2.45, 2.75) is 96.4 Å². The van der Waals surface area contributed by atoms with E-state index in [1.165, 1.54) is 6.42 Å². The first-order valence-corrected chi connectivity index (χ1v) is 12.8. The highest BCUT2D eigenvalue weighted by Gasteiger charge is 2.49. The third kappa shape index (κ3) is 4.41. The van der Waals surface area contributed by atoms with Crippen molar-refractivity contribution in [3.05, 3.63) is 23.5 Å². The number of carbonyl (C=O) groups excluding carboxylic acids is 1. The molecule has 176 valence electrons. The summed E-state index contributed by atoms with van der Waals surface area (Å²) in [5, 5.41) is 3.86. The molecule has 3 fully saturated rings. The summed E-state index contributed by atoms with van der Waals surface area (Å²) in [5.41, 5.74) is 2.03. The van der Waals surface area contributed by atoms with Crippen molar-refractivity contribution < 1.29 is 14.3 Å². The van der Waals surface area contributed by atoms with Crippen LogP contribution in [0.5, 0.6) is 5.75 Å². The number of rotatable bonds is 6. The molecule has 32 heavy (non-hydrogen) atoms. The normalized spacial score (nSPS) is 29.1. The molecular formula is C26H39N3O3. The lowest BCUT2D eigenvalue weighted by Crippen LogP contribution is -2.49. The zero-order valence-corrected chi connectivity index (χ0v) is 19.8. The molecule has 6 nitrogen and oxygen atoms in total. The number of fused-ring (bicyclic) bond motifs is 1. The molecule has 4 aliphatic rings. The van der Waals surface area contributed by atoms with Crippen molar-refractivity contribution in [2.75, 3.05) is 19.8 Å². The van der Waals surface area contributed by atoms with Gasteiger partial charge in [-0.05, 0) is 68.9 Å². The van der Waals surface area contributed by atoms with Crippen LogP contribution in [-0.4, -0.2) is 53.7 Å². The van der Waals surface area contributed by atoms with Gasteiger partial charge in [-0.2, -0.15) is 0 Å². The van der Waals surface area contributed by atoms with E-state index in [9.17, 15) is 4.79 Å². The molecule has 0 aromatic carbocycles. The van der Waals surface area contributed by atoms with Crippen LogP contribution in [0.2, 0.25) is 0 Å². The van der Waals surface area contributed by atoms with Gasteiger partial charge in [0.25, 0.3) is 0 Å². The van der Waals surface area contributed by atoms with Gasteiger partial charge in [-0.25, -0.2) is 0 Å². The molecule has 2 saturated carbocycles. The average Bonchev–Trinajstić information content (AvgIpc) is 3.21. The summed E-state index contributed by atoms with van der Waals surface area (Å²) in [7, 11) is 0. The summed E-state index contributed by atoms with van der Waals surface area (Å²) in [6, 6.07) is 3.10. The first kappa shape index (κ1) is 22.1. The Balaban J connectivity index is 1.26. The van der Waals surface area contributed by atoms with Crippen LogP contribution in [0.15, 0.2) is 12.3 Å². The zero-order chi connectivity index (χ0) is 22.1. The van der Waals surface area contributed by atoms with E-state index >= 15 is 0 Å². The molecule has 6 heteroatoms. The molecule has 0 bridgehead atoms. The van der Waals surface area contributed by atoms with Crippen LogP contribution in [-0.2, 0) is 22.5 Å². The lowest BCUT2D eigenvalue weighted by molar-refractivity contribution is -0.146. The fraction of sp³-hybridized carbons (Fsp3) is 0.769. The summed E-state index contributed by atoms with van der Waals surface area (Å²) in [6.45, 7) is 7.61. The van der Waals surface area contributed by atoms with Crippen LogP contribution >= 0.6 is 0 Å². The van der Waals surface area contributed by atoms with E-state index in [-0.39, 0.29) is 5.41 Å². The van der Waals surface area contributed by atoms with Crippen LogP contribution in [0.4, 0.5) is 0 Å². The van der Waals surface area contributed by atoms with Gasteiger partial charge in [-0.1, -0.05) is 13.8 Å². The first-order valence-electron chi connectivity index (χ1n) is 12.8. The van der Waals surface area contributed by atoms with E-state index < -0.39 is 0 Å². The Labute approximate surface area is 192 Å². The maximum Gasteiger partial charge on any atom is 0.229 e.